The quantitative estimate of drug-likeness (QED) is 0.636. The molecule has 0 N–H and O–H groups in total. The van der Waals surface area contributed by atoms with Crippen molar-refractivity contribution in [2.75, 3.05) is 44.2 Å². The molecule has 0 atom stereocenters. The van der Waals surface area contributed by atoms with Crippen LogP contribution in [0.25, 0.3) is 0 Å². The number of aromatic nitrogens is 2. The van der Waals surface area contributed by atoms with Crippen molar-refractivity contribution in [2.24, 2.45) is 0 Å². The van der Waals surface area contributed by atoms with Crippen LogP contribution in [0.5, 0.6) is 0 Å². The molecule has 0 saturated carbocycles. The summed E-state index contributed by atoms with van der Waals surface area (Å²) in [4.78, 5) is 17.2. The van der Waals surface area contributed by atoms with Crippen LogP contribution in [0.1, 0.15) is 30.7 Å². The molecule has 2 fully saturated rings. The summed E-state index contributed by atoms with van der Waals surface area (Å²) in [5.74, 6) is 0.0669. The molecular weight excluding hydrogens is 450 g/mol. The number of rotatable bonds is 6. The Kier molecular flexibility index (Phi) is 6.78. The zero-order valence-corrected chi connectivity index (χ0v) is 20.2. The van der Waals surface area contributed by atoms with Crippen molar-refractivity contribution < 1.29 is 13.2 Å². The number of nitrogens with zero attached hydrogens (tertiary/aromatic N) is 5. The van der Waals surface area contributed by atoms with Gasteiger partial charge in [0, 0.05) is 56.4 Å². The molecule has 0 unspecified atom stereocenters. The first-order valence-corrected chi connectivity index (χ1v) is 12.9. The van der Waals surface area contributed by atoms with E-state index >= 15 is 0 Å². The third-order valence-corrected chi connectivity index (χ3v) is 8.74. The van der Waals surface area contributed by atoms with Crippen molar-refractivity contribution in [1.29, 1.82) is 0 Å². The van der Waals surface area contributed by atoms with Crippen LogP contribution in [0.3, 0.4) is 0 Å². The van der Waals surface area contributed by atoms with E-state index in [1.807, 2.05) is 29.2 Å². The van der Waals surface area contributed by atoms with Crippen molar-refractivity contribution in [3.8, 4) is 0 Å². The monoisotopic (exact) mass is 479 g/mol. The van der Waals surface area contributed by atoms with E-state index in [4.69, 9.17) is 11.6 Å². The molecule has 1 amide bonds. The normalized spacial score (nSPS) is 17.8. The molecular formula is C22H30ClN5O3S. The summed E-state index contributed by atoms with van der Waals surface area (Å²) in [6, 6.07) is 7.74. The van der Waals surface area contributed by atoms with Gasteiger partial charge >= 0.3 is 0 Å². The second-order valence-electron chi connectivity index (χ2n) is 8.43. The Balaban J connectivity index is 1.35. The minimum absolute atomic E-state index is 0.0669. The Bertz CT molecular complexity index is 1070. The van der Waals surface area contributed by atoms with Crippen LogP contribution in [0.15, 0.2) is 29.2 Å². The van der Waals surface area contributed by atoms with E-state index in [9.17, 15) is 13.2 Å². The molecule has 4 rings (SSSR count). The second-order valence-corrected chi connectivity index (χ2v) is 10.7. The lowest BCUT2D eigenvalue weighted by Crippen LogP contribution is -2.49. The summed E-state index contributed by atoms with van der Waals surface area (Å²) in [5.41, 5.74) is 2.21. The first kappa shape index (κ1) is 23.1. The largest absolute Gasteiger partial charge is 0.368 e. The number of sulfonamides is 1. The molecule has 8 nitrogen and oxygen atoms in total. The van der Waals surface area contributed by atoms with Crippen molar-refractivity contribution >= 4 is 33.2 Å². The molecule has 2 saturated heterocycles. The number of carbonyl (C=O) groups is 1. The lowest BCUT2D eigenvalue weighted by molar-refractivity contribution is -0.131. The Labute approximate surface area is 194 Å². The van der Waals surface area contributed by atoms with Gasteiger partial charge < -0.3 is 9.80 Å². The van der Waals surface area contributed by atoms with Gasteiger partial charge in [0.25, 0.3) is 0 Å². The van der Waals surface area contributed by atoms with E-state index in [-0.39, 0.29) is 5.91 Å². The third kappa shape index (κ3) is 4.65. The number of halogens is 1. The zero-order chi connectivity index (χ0) is 22.9. The summed E-state index contributed by atoms with van der Waals surface area (Å²) >= 11 is 5.97. The Morgan fingerprint density at radius 2 is 1.62 bits per heavy atom. The second kappa shape index (κ2) is 9.41. The van der Waals surface area contributed by atoms with Gasteiger partial charge in [0.15, 0.2) is 0 Å². The first-order valence-electron chi connectivity index (χ1n) is 11.1. The molecule has 32 heavy (non-hydrogen) atoms. The first-order chi connectivity index (χ1) is 15.3. The summed E-state index contributed by atoms with van der Waals surface area (Å²) in [6.45, 7) is 7.86. The molecule has 0 spiro atoms. The number of aryl methyl sites for hydroxylation is 2. The van der Waals surface area contributed by atoms with Crippen molar-refractivity contribution in [1.82, 2.24) is 19.0 Å². The average Bonchev–Trinajstić information content (AvgIpc) is 3.42. The topological polar surface area (TPSA) is 78.8 Å². The van der Waals surface area contributed by atoms with Crippen molar-refractivity contribution in [3.63, 3.8) is 0 Å². The van der Waals surface area contributed by atoms with Gasteiger partial charge in [0.2, 0.25) is 15.9 Å². The van der Waals surface area contributed by atoms with Gasteiger partial charge in [-0.15, -0.1) is 0 Å². The van der Waals surface area contributed by atoms with E-state index in [1.165, 1.54) is 0 Å². The highest BCUT2D eigenvalue weighted by Gasteiger charge is 2.32. The van der Waals surface area contributed by atoms with Crippen LogP contribution in [0, 0.1) is 13.8 Å². The average molecular weight is 480 g/mol. The fourth-order valence-electron chi connectivity index (χ4n) is 4.55. The van der Waals surface area contributed by atoms with Crippen molar-refractivity contribution in [2.45, 2.75) is 44.6 Å². The molecule has 1 aromatic heterocycles. The van der Waals surface area contributed by atoms with Gasteiger partial charge in [-0.05, 0) is 51.0 Å². The van der Waals surface area contributed by atoms with Crippen LogP contribution in [-0.2, 0) is 21.4 Å². The highest BCUT2D eigenvalue weighted by Crippen LogP contribution is 2.26. The molecule has 2 aliphatic rings. The minimum Gasteiger partial charge on any atom is -0.368 e. The van der Waals surface area contributed by atoms with Crippen LogP contribution >= 0.6 is 11.6 Å². The number of benzene rings is 1. The fraction of sp³-hybridized carbons (Fsp3) is 0.545. The van der Waals surface area contributed by atoms with Crippen LogP contribution in [-0.4, -0.2) is 72.6 Å². The Morgan fingerprint density at radius 3 is 2.25 bits per heavy atom. The molecule has 0 radical (unpaired) electrons. The number of carbonyl (C=O) groups excluding carboxylic acids is 1. The summed E-state index contributed by atoms with van der Waals surface area (Å²) in [5, 5.41) is 5.16. The maximum absolute atomic E-state index is 13.0. The maximum atomic E-state index is 13.0. The molecule has 0 aliphatic carbocycles. The number of hydrogen-bond acceptors (Lipinski definition) is 5. The predicted octanol–water partition coefficient (Wildman–Crippen LogP) is 2.68. The highest BCUT2D eigenvalue weighted by atomic mass is 35.5. The van der Waals surface area contributed by atoms with Crippen molar-refractivity contribution in [3.05, 3.63) is 40.7 Å². The number of amides is 1. The molecule has 0 bridgehead atoms. The van der Waals surface area contributed by atoms with E-state index in [0.29, 0.717) is 60.5 Å². The number of piperazine rings is 1. The van der Waals surface area contributed by atoms with Gasteiger partial charge in [0.1, 0.15) is 4.90 Å². The summed E-state index contributed by atoms with van der Waals surface area (Å²) in [7, 11) is -3.53. The molecule has 2 aliphatic heterocycles. The number of hydrogen-bond donors (Lipinski definition) is 0. The molecule has 10 heteroatoms. The van der Waals surface area contributed by atoms with E-state index in [0.717, 1.165) is 31.6 Å². The fourth-order valence-corrected chi connectivity index (χ4v) is 6.57. The molecule has 174 valence electrons. The van der Waals surface area contributed by atoms with Gasteiger partial charge in [-0.25, -0.2) is 8.42 Å². The standard InChI is InChI=1S/C22H30ClN5O3S/c1-17-22(32(30,31)27-10-3-4-11-27)18(2)28(24-17)12-9-21(29)26-15-13-25(14-16-26)20-7-5-19(23)6-8-20/h5-8H,3-4,9-16H2,1-2H3. The van der Waals surface area contributed by atoms with E-state index in [1.54, 1.807) is 22.8 Å². The maximum Gasteiger partial charge on any atom is 0.246 e. The molecule has 1 aromatic carbocycles. The van der Waals surface area contributed by atoms with Gasteiger partial charge in [-0.3, -0.25) is 9.48 Å². The van der Waals surface area contributed by atoms with E-state index in [2.05, 4.69) is 10.00 Å². The minimum atomic E-state index is -3.53. The Morgan fingerprint density at radius 1 is 1.00 bits per heavy atom. The van der Waals surface area contributed by atoms with Gasteiger partial charge in [0.05, 0.1) is 17.9 Å². The smallest absolute Gasteiger partial charge is 0.246 e. The lowest BCUT2D eigenvalue weighted by atomic mass is 10.2. The molecule has 2 aromatic rings. The highest BCUT2D eigenvalue weighted by molar-refractivity contribution is 7.89. The number of anilines is 1. The summed E-state index contributed by atoms with van der Waals surface area (Å²) in [6.07, 6.45) is 2.09. The zero-order valence-electron chi connectivity index (χ0n) is 18.6. The third-order valence-electron chi connectivity index (χ3n) is 6.34. The van der Waals surface area contributed by atoms with E-state index < -0.39 is 10.0 Å². The summed E-state index contributed by atoms with van der Waals surface area (Å²) < 4.78 is 29.3. The van der Waals surface area contributed by atoms with Crippen LogP contribution < -0.4 is 4.90 Å². The Hall–Kier alpha value is -2.10. The molecule has 3 heterocycles. The van der Waals surface area contributed by atoms with Gasteiger partial charge in [-0.2, -0.15) is 9.40 Å². The predicted molar refractivity (Wildman–Crippen MR) is 125 cm³/mol. The van der Waals surface area contributed by atoms with Gasteiger partial charge in [-0.1, -0.05) is 11.6 Å². The van der Waals surface area contributed by atoms with Crippen LogP contribution in [0.4, 0.5) is 5.69 Å². The SMILES string of the molecule is Cc1nn(CCC(=O)N2CCN(c3ccc(Cl)cc3)CC2)c(C)c1S(=O)(=O)N1CCCC1. The lowest BCUT2D eigenvalue weighted by Gasteiger charge is -2.36. The van der Waals surface area contributed by atoms with Crippen LogP contribution in [0.2, 0.25) is 5.02 Å².